The summed E-state index contributed by atoms with van der Waals surface area (Å²) < 4.78 is 90.1. The monoisotopic (exact) mass is 712 g/mol. The molecule has 0 spiro atoms. The number of carboxylic acids is 1. The first kappa shape index (κ1) is 38.4. The summed E-state index contributed by atoms with van der Waals surface area (Å²) in [5.41, 5.74) is -2.32. The third kappa shape index (κ3) is 9.65. The van der Waals surface area contributed by atoms with Crippen molar-refractivity contribution >= 4 is 18.0 Å². The molecule has 4 rings (SSSR count). The predicted octanol–water partition coefficient (Wildman–Crippen LogP) is 7.97. The van der Waals surface area contributed by atoms with E-state index in [1.54, 1.807) is 47.8 Å². The van der Waals surface area contributed by atoms with Crippen molar-refractivity contribution in [2.24, 2.45) is 12.5 Å². The summed E-state index contributed by atoms with van der Waals surface area (Å²) >= 11 is 0. The lowest BCUT2D eigenvalue weighted by Gasteiger charge is -2.47. The molecule has 1 aliphatic rings. The molecule has 3 heterocycles. The predicted molar refractivity (Wildman–Crippen MR) is 172 cm³/mol. The van der Waals surface area contributed by atoms with Gasteiger partial charge in [0.05, 0.1) is 23.9 Å². The minimum atomic E-state index is -5.02. The highest BCUT2D eigenvalue weighted by atomic mass is 19.4. The summed E-state index contributed by atoms with van der Waals surface area (Å²) in [6, 6.07) is 0.253. The SMILES string of the molecule is CC[C@@H]1CC(N(Cc2cc(C(F)(F)F)cc(C(F)(F)F)c2)c2ncc(-c3cnn(C)c3)cn2)C[C@H](CC)N1C(=O)OCC(C)(C)CCC(=O)O. The summed E-state index contributed by atoms with van der Waals surface area (Å²) in [5, 5.41) is 13.2. The normalized spacial score (nSPS) is 18.6. The molecule has 1 amide bonds. The Morgan fingerprint density at radius 2 is 1.48 bits per heavy atom. The Morgan fingerprint density at radius 3 is 1.94 bits per heavy atom. The highest BCUT2D eigenvalue weighted by molar-refractivity contribution is 5.69. The molecule has 1 aromatic carbocycles. The van der Waals surface area contributed by atoms with E-state index in [-0.39, 0.29) is 37.2 Å². The average Bonchev–Trinajstić information content (AvgIpc) is 3.49. The quantitative estimate of drug-likeness (QED) is 0.188. The molecule has 1 N–H and O–H groups in total. The van der Waals surface area contributed by atoms with Crippen molar-refractivity contribution in [2.45, 2.75) is 103 Å². The van der Waals surface area contributed by atoms with E-state index in [4.69, 9.17) is 9.84 Å². The number of carbonyl (C=O) groups is 2. The summed E-state index contributed by atoms with van der Waals surface area (Å²) in [7, 11) is 1.74. The van der Waals surface area contributed by atoms with Crippen LogP contribution in [-0.2, 0) is 35.5 Å². The molecule has 50 heavy (non-hydrogen) atoms. The van der Waals surface area contributed by atoms with Crippen molar-refractivity contribution in [3.63, 3.8) is 0 Å². The molecule has 0 saturated carbocycles. The number of likely N-dealkylation sites (tertiary alicyclic amines) is 1. The van der Waals surface area contributed by atoms with Gasteiger partial charge in [-0.2, -0.15) is 31.4 Å². The van der Waals surface area contributed by atoms with Gasteiger partial charge in [-0.05, 0) is 61.3 Å². The van der Waals surface area contributed by atoms with E-state index in [1.807, 2.05) is 13.8 Å². The number of amides is 1. The summed E-state index contributed by atoms with van der Waals surface area (Å²) in [4.78, 5) is 36.9. The first-order valence-corrected chi connectivity index (χ1v) is 16.3. The smallest absolute Gasteiger partial charge is 0.416 e. The fraction of sp³-hybridized carbons (Fsp3) is 0.559. The number of piperidine rings is 1. The van der Waals surface area contributed by atoms with Gasteiger partial charge in [-0.15, -0.1) is 0 Å². The third-order valence-corrected chi connectivity index (χ3v) is 9.00. The first-order valence-electron chi connectivity index (χ1n) is 16.3. The Kier molecular flexibility index (Phi) is 11.7. The second-order valence-electron chi connectivity index (χ2n) is 13.5. The van der Waals surface area contributed by atoms with E-state index in [1.165, 1.54) is 12.4 Å². The van der Waals surface area contributed by atoms with Crippen molar-refractivity contribution in [1.82, 2.24) is 24.6 Å². The number of anilines is 1. The van der Waals surface area contributed by atoms with Crippen LogP contribution in [0.3, 0.4) is 0 Å². The lowest BCUT2D eigenvalue weighted by Crippen LogP contribution is -2.57. The number of rotatable bonds is 12. The fourth-order valence-corrected chi connectivity index (χ4v) is 6.24. The molecule has 3 aromatic rings. The molecule has 10 nitrogen and oxygen atoms in total. The number of carbonyl (C=O) groups excluding carboxylic acids is 1. The van der Waals surface area contributed by atoms with Crippen LogP contribution < -0.4 is 4.90 Å². The number of nitrogens with zero attached hydrogens (tertiary/aromatic N) is 6. The van der Waals surface area contributed by atoms with Crippen molar-refractivity contribution in [2.75, 3.05) is 11.5 Å². The number of aliphatic carboxylic acids is 1. The molecule has 1 fully saturated rings. The minimum absolute atomic E-state index is 0.00770. The number of hydrogen-bond acceptors (Lipinski definition) is 7. The van der Waals surface area contributed by atoms with Gasteiger partial charge in [0.1, 0.15) is 0 Å². The zero-order valence-corrected chi connectivity index (χ0v) is 28.6. The lowest BCUT2D eigenvalue weighted by molar-refractivity contribution is -0.143. The van der Waals surface area contributed by atoms with Crippen LogP contribution in [0, 0.1) is 5.41 Å². The Bertz CT molecular complexity index is 1580. The molecule has 1 aliphatic heterocycles. The number of ether oxygens (including phenoxy) is 1. The maximum atomic E-state index is 13.8. The molecule has 3 atom stereocenters. The van der Waals surface area contributed by atoms with E-state index in [0.29, 0.717) is 55.4 Å². The topological polar surface area (TPSA) is 114 Å². The Hall–Kier alpha value is -4.37. The van der Waals surface area contributed by atoms with Crippen LogP contribution in [0.4, 0.5) is 37.1 Å². The molecule has 1 unspecified atom stereocenters. The van der Waals surface area contributed by atoms with Gasteiger partial charge in [0.25, 0.3) is 0 Å². The van der Waals surface area contributed by atoms with Crippen molar-refractivity contribution in [1.29, 1.82) is 0 Å². The zero-order valence-electron chi connectivity index (χ0n) is 28.6. The van der Waals surface area contributed by atoms with E-state index >= 15 is 0 Å². The number of aromatic nitrogens is 4. The number of hydrogen-bond donors (Lipinski definition) is 1. The summed E-state index contributed by atoms with van der Waals surface area (Å²) in [6.07, 6.45) is -2.40. The van der Waals surface area contributed by atoms with E-state index in [9.17, 15) is 35.9 Å². The maximum Gasteiger partial charge on any atom is 0.416 e. The van der Waals surface area contributed by atoms with Gasteiger partial charge in [0.15, 0.2) is 0 Å². The molecular weight excluding hydrogens is 670 g/mol. The first-order chi connectivity index (χ1) is 23.3. The van der Waals surface area contributed by atoms with Crippen LogP contribution in [0.5, 0.6) is 0 Å². The molecule has 274 valence electrons. The standard InChI is InChI=1S/C34H42F6N6O4/c1-6-26-13-28(14-27(7-2)46(26)31(49)50-20-32(3,4)9-8-29(47)48)45(30-41-15-22(16-42-30)23-17-43-44(5)19-23)18-21-10-24(33(35,36)37)12-25(11-21)34(38,39)40/h10-12,15-17,19,26-28H,6-9,13-14,18,20H2,1-5H3,(H,47,48)/t26-,27+,28?. The van der Waals surface area contributed by atoms with E-state index in [0.717, 1.165) is 0 Å². The molecular formula is C34H42F6N6O4. The van der Waals surface area contributed by atoms with Gasteiger partial charge in [-0.25, -0.2) is 14.8 Å². The second-order valence-corrected chi connectivity index (χ2v) is 13.5. The van der Waals surface area contributed by atoms with Crippen LogP contribution in [0.25, 0.3) is 11.1 Å². The van der Waals surface area contributed by atoms with Crippen LogP contribution in [-0.4, -0.2) is 66.5 Å². The molecule has 16 heteroatoms. The van der Waals surface area contributed by atoms with Gasteiger partial charge in [0, 0.05) is 67.9 Å². The number of benzene rings is 1. The molecule has 2 aromatic heterocycles. The molecule has 0 aliphatic carbocycles. The fourth-order valence-electron chi connectivity index (χ4n) is 6.24. The molecule has 1 saturated heterocycles. The minimum Gasteiger partial charge on any atom is -0.481 e. The van der Waals surface area contributed by atoms with Crippen molar-refractivity contribution < 1.29 is 45.8 Å². The van der Waals surface area contributed by atoms with Gasteiger partial charge < -0.3 is 19.6 Å². The number of alkyl halides is 6. The van der Waals surface area contributed by atoms with Crippen molar-refractivity contribution in [3.05, 3.63) is 59.7 Å². The Labute approximate surface area is 286 Å². The summed E-state index contributed by atoms with van der Waals surface area (Å²) in [5.74, 6) is -0.849. The highest BCUT2D eigenvalue weighted by Gasteiger charge is 2.42. The number of carboxylic acid groups (broad SMARTS) is 1. The van der Waals surface area contributed by atoms with E-state index < -0.39 is 59.1 Å². The van der Waals surface area contributed by atoms with Crippen molar-refractivity contribution in [3.8, 4) is 11.1 Å². The van der Waals surface area contributed by atoms with Crippen LogP contribution in [0.15, 0.2) is 43.0 Å². The molecule has 0 bridgehead atoms. The lowest BCUT2D eigenvalue weighted by atomic mass is 9.87. The van der Waals surface area contributed by atoms with Gasteiger partial charge in [-0.1, -0.05) is 27.7 Å². The van der Waals surface area contributed by atoms with Gasteiger partial charge in [-0.3, -0.25) is 9.48 Å². The van der Waals surface area contributed by atoms with Crippen LogP contribution >= 0.6 is 0 Å². The highest BCUT2D eigenvalue weighted by Crippen LogP contribution is 2.38. The third-order valence-electron chi connectivity index (χ3n) is 9.00. The van der Waals surface area contributed by atoms with Crippen LogP contribution in [0.1, 0.15) is 82.9 Å². The average molecular weight is 713 g/mol. The van der Waals surface area contributed by atoms with E-state index in [2.05, 4.69) is 15.1 Å². The number of halogens is 6. The number of aryl methyl sites for hydroxylation is 1. The zero-order chi connectivity index (χ0) is 37.0. The maximum absolute atomic E-state index is 13.8. The van der Waals surface area contributed by atoms with Gasteiger partial charge >= 0.3 is 24.4 Å². The Balaban J connectivity index is 1.69. The van der Waals surface area contributed by atoms with Crippen LogP contribution in [0.2, 0.25) is 0 Å². The summed E-state index contributed by atoms with van der Waals surface area (Å²) in [6.45, 7) is 7.00. The Morgan fingerprint density at radius 1 is 0.920 bits per heavy atom. The molecule has 0 radical (unpaired) electrons. The largest absolute Gasteiger partial charge is 0.481 e. The second kappa shape index (κ2) is 15.3. The van der Waals surface area contributed by atoms with Gasteiger partial charge in [0.2, 0.25) is 5.95 Å².